The van der Waals surface area contributed by atoms with E-state index in [1.54, 1.807) is 24.3 Å². The third kappa shape index (κ3) is 7.33. The molecule has 1 aromatic rings. The predicted octanol–water partition coefficient (Wildman–Crippen LogP) is 3.11. The van der Waals surface area contributed by atoms with Gasteiger partial charge in [-0.3, -0.25) is 4.79 Å². The van der Waals surface area contributed by atoms with Gasteiger partial charge in [-0.25, -0.2) is 0 Å². The summed E-state index contributed by atoms with van der Waals surface area (Å²) in [6.45, 7) is 3.98. The van der Waals surface area contributed by atoms with Crippen molar-refractivity contribution in [2.45, 2.75) is 58.1 Å². The highest BCUT2D eigenvalue weighted by molar-refractivity contribution is 7.86. The van der Waals surface area contributed by atoms with Gasteiger partial charge in [-0.15, -0.1) is 0 Å². The van der Waals surface area contributed by atoms with Crippen molar-refractivity contribution in [3.63, 3.8) is 0 Å². The number of unbranched alkanes of at least 4 members (excludes halogenated alkanes) is 2. The topological polar surface area (TPSA) is 72.9 Å². The van der Waals surface area contributed by atoms with Gasteiger partial charge in [0, 0.05) is 26.1 Å². The van der Waals surface area contributed by atoms with Gasteiger partial charge < -0.3 is 13.8 Å². The summed E-state index contributed by atoms with van der Waals surface area (Å²) < 4.78 is 32.9. The van der Waals surface area contributed by atoms with Crippen molar-refractivity contribution >= 4 is 16.0 Å². The van der Waals surface area contributed by atoms with E-state index in [1.807, 2.05) is 4.90 Å². The first-order valence-corrected chi connectivity index (χ1v) is 11.1. The smallest absolute Gasteiger partial charge is 0.306 e. The number of amides is 1. The molecule has 0 spiro atoms. The van der Waals surface area contributed by atoms with Gasteiger partial charge in [0.15, 0.2) is 0 Å². The maximum atomic E-state index is 12.6. The summed E-state index contributed by atoms with van der Waals surface area (Å²) in [5.74, 6) is 0.418. The number of rotatable bonds is 10. The minimum atomic E-state index is -3.54. The number of nitrogens with zero attached hydrogens (tertiary/aromatic N) is 1. The SMILES string of the molecule is CCCCCC(=O)N(Cc1ccc(OS(C)(=O)=O)cc1)C[C@H]1CCCO1. The molecular weight excluding hydrogens is 354 g/mol. The first kappa shape index (κ1) is 20.7. The standard InChI is InChI=1S/C19H29NO5S/c1-3-4-5-8-19(21)20(15-18-7-6-13-24-18)14-16-9-11-17(12-10-16)25-26(2,22)23/h9-12,18H,3-8,13-15H2,1-2H3/t18-/m1/s1. The predicted molar refractivity (Wildman–Crippen MR) is 100 cm³/mol. The molecule has 0 unspecified atom stereocenters. The average Bonchev–Trinajstić information content (AvgIpc) is 3.08. The second-order valence-electron chi connectivity index (χ2n) is 6.80. The summed E-state index contributed by atoms with van der Waals surface area (Å²) in [5, 5.41) is 0. The Morgan fingerprint density at radius 3 is 2.58 bits per heavy atom. The van der Waals surface area contributed by atoms with Crippen LogP contribution >= 0.6 is 0 Å². The fourth-order valence-corrected chi connectivity index (χ4v) is 3.48. The van der Waals surface area contributed by atoms with Gasteiger partial charge >= 0.3 is 10.1 Å². The van der Waals surface area contributed by atoms with Crippen LogP contribution in [-0.2, 0) is 26.2 Å². The molecule has 2 rings (SSSR count). The second-order valence-corrected chi connectivity index (χ2v) is 8.37. The van der Waals surface area contributed by atoms with E-state index in [9.17, 15) is 13.2 Å². The van der Waals surface area contributed by atoms with E-state index in [1.165, 1.54) is 0 Å². The van der Waals surface area contributed by atoms with Crippen LogP contribution in [0.15, 0.2) is 24.3 Å². The van der Waals surface area contributed by atoms with Crippen molar-refractivity contribution < 1.29 is 22.1 Å². The largest absolute Gasteiger partial charge is 0.383 e. The van der Waals surface area contributed by atoms with E-state index in [2.05, 4.69) is 6.92 Å². The van der Waals surface area contributed by atoms with Gasteiger partial charge in [-0.1, -0.05) is 31.9 Å². The number of benzene rings is 1. The third-order valence-corrected chi connectivity index (χ3v) is 4.83. The highest BCUT2D eigenvalue weighted by atomic mass is 32.2. The molecule has 26 heavy (non-hydrogen) atoms. The zero-order valence-corrected chi connectivity index (χ0v) is 16.5. The van der Waals surface area contributed by atoms with Gasteiger partial charge in [-0.05, 0) is 37.0 Å². The summed E-state index contributed by atoms with van der Waals surface area (Å²) in [4.78, 5) is 14.5. The van der Waals surface area contributed by atoms with Crippen LogP contribution in [-0.4, -0.2) is 44.7 Å². The van der Waals surface area contributed by atoms with Crippen molar-refractivity contribution in [2.75, 3.05) is 19.4 Å². The summed E-state index contributed by atoms with van der Waals surface area (Å²) in [5.41, 5.74) is 0.938. The Balaban J connectivity index is 2.00. The molecule has 1 aliphatic rings. The van der Waals surface area contributed by atoms with Crippen molar-refractivity contribution in [3.05, 3.63) is 29.8 Å². The molecule has 1 atom stereocenters. The summed E-state index contributed by atoms with van der Waals surface area (Å²) in [6, 6.07) is 6.81. The number of carbonyl (C=O) groups is 1. The van der Waals surface area contributed by atoms with Crippen molar-refractivity contribution in [1.29, 1.82) is 0 Å². The van der Waals surface area contributed by atoms with E-state index in [0.29, 0.717) is 19.5 Å². The van der Waals surface area contributed by atoms with Gasteiger partial charge in [0.25, 0.3) is 0 Å². The fraction of sp³-hybridized carbons (Fsp3) is 0.632. The summed E-state index contributed by atoms with van der Waals surface area (Å²) in [7, 11) is -3.54. The van der Waals surface area contributed by atoms with E-state index >= 15 is 0 Å². The van der Waals surface area contributed by atoms with Crippen LogP contribution in [0.5, 0.6) is 5.75 Å². The van der Waals surface area contributed by atoms with Crippen LogP contribution in [0.25, 0.3) is 0 Å². The molecule has 0 radical (unpaired) electrons. The molecule has 6 nitrogen and oxygen atoms in total. The van der Waals surface area contributed by atoms with Crippen LogP contribution in [0, 0.1) is 0 Å². The van der Waals surface area contributed by atoms with Gasteiger partial charge in [0.1, 0.15) is 5.75 Å². The number of hydrogen-bond donors (Lipinski definition) is 0. The molecule has 1 aromatic carbocycles. The van der Waals surface area contributed by atoms with Crippen LogP contribution < -0.4 is 4.18 Å². The molecule has 0 aromatic heterocycles. The molecular formula is C19H29NO5S. The van der Waals surface area contributed by atoms with Gasteiger partial charge in [0.05, 0.1) is 12.4 Å². The third-order valence-electron chi connectivity index (χ3n) is 4.34. The quantitative estimate of drug-likeness (QED) is 0.458. The molecule has 0 saturated carbocycles. The number of carbonyl (C=O) groups excluding carboxylic acids is 1. The Bertz CT molecular complexity index is 666. The lowest BCUT2D eigenvalue weighted by atomic mass is 10.1. The molecule has 1 aliphatic heterocycles. The molecule has 7 heteroatoms. The molecule has 1 saturated heterocycles. The maximum absolute atomic E-state index is 12.6. The van der Waals surface area contributed by atoms with E-state index in [0.717, 1.165) is 50.5 Å². The van der Waals surface area contributed by atoms with Crippen LogP contribution in [0.4, 0.5) is 0 Å². The lowest BCUT2D eigenvalue weighted by Crippen LogP contribution is -2.36. The number of ether oxygens (including phenoxy) is 1. The molecule has 1 amide bonds. The highest BCUT2D eigenvalue weighted by Gasteiger charge is 2.22. The Labute approximate surface area is 156 Å². The first-order chi connectivity index (χ1) is 12.4. The Morgan fingerprint density at radius 1 is 1.27 bits per heavy atom. The Kier molecular flexibility index (Phi) is 7.90. The van der Waals surface area contributed by atoms with Gasteiger partial charge in [-0.2, -0.15) is 8.42 Å². The minimum Gasteiger partial charge on any atom is -0.383 e. The minimum absolute atomic E-state index is 0.109. The van der Waals surface area contributed by atoms with E-state index in [-0.39, 0.29) is 17.8 Å². The zero-order chi connectivity index (χ0) is 19.0. The number of hydrogen-bond acceptors (Lipinski definition) is 5. The van der Waals surface area contributed by atoms with Crippen molar-refractivity contribution in [1.82, 2.24) is 4.90 Å². The summed E-state index contributed by atoms with van der Waals surface area (Å²) in [6.07, 6.45) is 6.74. The lowest BCUT2D eigenvalue weighted by molar-refractivity contribution is -0.133. The Morgan fingerprint density at radius 2 is 2.00 bits per heavy atom. The summed E-state index contributed by atoms with van der Waals surface area (Å²) >= 11 is 0. The van der Waals surface area contributed by atoms with Crippen LogP contribution in [0.3, 0.4) is 0 Å². The molecule has 0 aliphatic carbocycles. The van der Waals surface area contributed by atoms with Crippen LogP contribution in [0.2, 0.25) is 0 Å². The van der Waals surface area contributed by atoms with Gasteiger partial charge in [0.2, 0.25) is 5.91 Å². The molecule has 146 valence electrons. The molecule has 0 bridgehead atoms. The van der Waals surface area contributed by atoms with Crippen molar-refractivity contribution in [3.8, 4) is 5.75 Å². The molecule has 1 heterocycles. The Hall–Kier alpha value is -1.60. The highest BCUT2D eigenvalue weighted by Crippen LogP contribution is 2.19. The second kappa shape index (κ2) is 9.92. The lowest BCUT2D eigenvalue weighted by Gasteiger charge is -2.26. The molecule has 0 N–H and O–H groups in total. The van der Waals surface area contributed by atoms with Crippen LogP contribution in [0.1, 0.15) is 51.0 Å². The van der Waals surface area contributed by atoms with E-state index < -0.39 is 10.1 Å². The monoisotopic (exact) mass is 383 g/mol. The normalized spacial score (nSPS) is 17.2. The molecule has 1 fully saturated rings. The first-order valence-electron chi connectivity index (χ1n) is 9.25. The zero-order valence-electron chi connectivity index (χ0n) is 15.6. The fourth-order valence-electron chi connectivity index (χ4n) is 3.02. The maximum Gasteiger partial charge on any atom is 0.306 e. The van der Waals surface area contributed by atoms with Crippen molar-refractivity contribution in [2.24, 2.45) is 0 Å². The van der Waals surface area contributed by atoms with E-state index in [4.69, 9.17) is 8.92 Å². The average molecular weight is 384 g/mol.